The molecule has 1 rings (SSSR count). The number of halogens is 1. The van der Waals surface area contributed by atoms with Crippen molar-refractivity contribution in [3.8, 4) is 0 Å². The number of rotatable bonds is 3. The average molecular weight is 213 g/mol. The summed E-state index contributed by atoms with van der Waals surface area (Å²) in [5, 5.41) is 0. The molecule has 0 aromatic carbocycles. The summed E-state index contributed by atoms with van der Waals surface area (Å²) in [6, 6.07) is 6.00. The number of nitrogens with zero attached hydrogens (tertiary/aromatic N) is 2. The summed E-state index contributed by atoms with van der Waals surface area (Å²) >= 11 is 5.91. The molecule has 0 saturated heterocycles. The number of aryl methyl sites for hydroxylation is 1. The van der Waals surface area contributed by atoms with E-state index in [0.717, 1.165) is 11.5 Å². The van der Waals surface area contributed by atoms with Gasteiger partial charge in [0.2, 0.25) is 0 Å². The molecule has 0 bridgehead atoms. The lowest BCUT2D eigenvalue weighted by Gasteiger charge is -2.34. The first kappa shape index (κ1) is 11.3. The SMILES string of the molecule is Cc1cccc(N(C)C(C)(C)CCl)n1. The van der Waals surface area contributed by atoms with E-state index in [9.17, 15) is 0 Å². The van der Waals surface area contributed by atoms with E-state index in [1.54, 1.807) is 0 Å². The summed E-state index contributed by atoms with van der Waals surface area (Å²) in [6.45, 7) is 6.19. The summed E-state index contributed by atoms with van der Waals surface area (Å²) in [7, 11) is 2.02. The average Bonchev–Trinajstić information content (AvgIpc) is 2.16. The molecule has 0 spiro atoms. The smallest absolute Gasteiger partial charge is 0.129 e. The van der Waals surface area contributed by atoms with E-state index in [4.69, 9.17) is 11.6 Å². The molecule has 0 aliphatic rings. The predicted octanol–water partition coefficient (Wildman–Crippen LogP) is 2.84. The van der Waals surface area contributed by atoms with Gasteiger partial charge >= 0.3 is 0 Å². The lowest BCUT2D eigenvalue weighted by atomic mass is 10.1. The van der Waals surface area contributed by atoms with E-state index >= 15 is 0 Å². The van der Waals surface area contributed by atoms with Gasteiger partial charge in [0, 0.05) is 24.2 Å². The van der Waals surface area contributed by atoms with Gasteiger partial charge in [-0.15, -0.1) is 11.6 Å². The molecular weight excluding hydrogens is 196 g/mol. The van der Waals surface area contributed by atoms with Crippen molar-refractivity contribution in [1.82, 2.24) is 4.98 Å². The quantitative estimate of drug-likeness (QED) is 0.717. The van der Waals surface area contributed by atoms with Crippen molar-refractivity contribution in [2.24, 2.45) is 0 Å². The number of anilines is 1. The van der Waals surface area contributed by atoms with Crippen molar-refractivity contribution in [1.29, 1.82) is 0 Å². The Morgan fingerprint density at radius 1 is 1.43 bits per heavy atom. The van der Waals surface area contributed by atoms with Crippen molar-refractivity contribution < 1.29 is 0 Å². The molecule has 0 amide bonds. The van der Waals surface area contributed by atoms with Crippen LogP contribution < -0.4 is 4.90 Å². The third-order valence-electron chi connectivity index (χ3n) is 2.45. The molecule has 0 saturated carbocycles. The molecule has 0 radical (unpaired) electrons. The molecule has 2 nitrogen and oxygen atoms in total. The fraction of sp³-hybridized carbons (Fsp3) is 0.545. The molecule has 0 N–H and O–H groups in total. The topological polar surface area (TPSA) is 16.1 Å². The molecule has 3 heteroatoms. The summed E-state index contributed by atoms with van der Waals surface area (Å²) in [4.78, 5) is 6.56. The molecular formula is C11H17ClN2. The van der Waals surface area contributed by atoms with Crippen molar-refractivity contribution in [2.45, 2.75) is 26.3 Å². The zero-order valence-electron chi connectivity index (χ0n) is 9.21. The Kier molecular flexibility index (Phi) is 3.38. The van der Waals surface area contributed by atoms with Gasteiger partial charge in [0.25, 0.3) is 0 Å². The molecule has 0 aliphatic carbocycles. The highest BCUT2D eigenvalue weighted by Gasteiger charge is 2.23. The van der Waals surface area contributed by atoms with Crippen LogP contribution in [0.25, 0.3) is 0 Å². The Labute approximate surface area is 90.9 Å². The molecule has 0 fully saturated rings. The van der Waals surface area contributed by atoms with E-state index in [0.29, 0.717) is 5.88 Å². The van der Waals surface area contributed by atoms with Gasteiger partial charge in [-0.25, -0.2) is 4.98 Å². The predicted molar refractivity (Wildman–Crippen MR) is 62.2 cm³/mol. The zero-order chi connectivity index (χ0) is 10.8. The van der Waals surface area contributed by atoms with E-state index < -0.39 is 0 Å². The fourth-order valence-electron chi connectivity index (χ4n) is 1.12. The molecule has 1 aromatic rings. The Balaban J connectivity index is 2.94. The summed E-state index contributed by atoms with van der Waals surface area (Å²) in [5.74, 6) is 1.55. The first-order valence-electron chi connectivity index (χ1n) is 4.71. The third-order valence-corrected chi connectivity index (χ3v) is 3.11. The Morgan fingerprint density at radius 2 is 2.07 bits per heavy atom. The van der Waals surface area contributed by atoms with Crippen LogP contribution in [0.5, 0.6) is 0 Å². The molecule has 0 atom stereocenters. The van der Waals surface area contributed by atoms with Crippen molar-refractivity contribution in [3.63, 3.8) is 0 Å². The maximum atomic E-state index is 5.91. The Morgan fingerprint density at radius 3 is 2.57 bits per heavy atom. The van der Waals surface area contributed by atoms with Gasteiger partial charge in [-0.1, -0.05) is 6.07 Å². The second-order valence-electron chi connectivity index (χ2n) is 4.14. The van der Waals surface area contributed by atoms with E-state index in [1.807, 2.05) is 32.2 Å². The van der Waals surface area contributed by atoms with Gasteiger partial charge in [0.15, 0.2) is 0 Å². The minimum Gasteiger partial charge on any atom is -0.353 e. The van der Waals surface area contributed by atoms with Crippen molar-refractivity contribution in [3.05, 3.63) is 23.9 Å². The standard InChI is InChI=1S/C11H17ClN2/c1-9-6-5-7-10(13-9)14(4)11(2,3)8-12/h5-7H,8H2,1-4H3. The second kappa shape index (κ2) is 4.18. The number of pyridine rings is 1. The van der Waals surface area contributed by atoms with Crippen molar-refractivity contribution in [2.75, 3.05) is 17.8 Å². The van der Waals surface area contributed by atoms with Crippen LogP contribution in [0.2, 0.25) is 0 Å². The number of alkyl halides is 1. The molecule has 78 valence electrons. The highest BCUT2D eigenvalue weighted by Crippen LogP contribution is 2.21. The van der Waals surface area contributed by atoms with Crippen LogP contribution in [0.4, 0.5) is 5.82 Å². The van der Waals surface area contributed by atoms with Crippen LogP contribution >= 0.6 is 11.6 Å². The Bertz CT molecular complexity index is 310. The van der Waals surface area contributed by atoms with Crippen LogP contribution in [0.15, 0.2) is 18.2 Å². The van der Waals surface area contributed by atoms with Gasteiger partial charge in [0.1, 0.15) is 5.82 Å². The summed E-state index contributed by atoms with van der Waals surface area (Å²) in [6.07, 6.45) is 0. The van der Waals surface area contributed by atoms with E-state index in [2.05, 4.69) is 23.7 Å². The van der Waals surface area contributed by atoms with Gasteiger partial charge in [-0.05, 0) is 32.9 Å². The minimum absolute atomic E-state index is 0.0671. The first-order chi connectivity index (χ1) is 6.47. The van der Waals surface area contributed by atoms with Gasteiger partial charge in [-0.2, -0.15) is 0 Å². The maximum Gasteiger partial charge on any atom is 0.129 e. The lowest BCUT2D eigenvalue weighted by Crippen LogP contribution is -2.43. The molecule has 1 heterocycles. The van der Waals surface area contributed by atoms with Crippen LogP contribution in [0, 0.1) is 6.92 Å². The summed E-state index contributed by atoms with van der Waals surface area (Å²) in [5.41, 5.74) is 0.960. The highest BCUT2D eigenvalue weighted by molar-refractivity contribution is 6.18. The molecule has 1 aromatic heterocycles. The number of hydrogen-bond acceptors (Lipinski definition) is 2. The highest BCUT2D eigenvalue weighted by atomic mass is 35.5. The normalized spacial score (nSPS) is 11.5. The molecule has 0 aliphatic heterocycles. The summed E-state index contributed by atoms with van der Waals surface area (Å²) < 4.78 is 0. The van der Waals surface area contributed by atoms with Gasteiger partial charge in [-0.3, -0.25) is 0 Å². The fourth-order valence-corrected chi connectivity index (χ4v) is 1.29. The zero-order valence-corrected chi connectivity index (χ0v) is 9.97. The molecule has 14 heavy (non-hydrogen) atoms. The second-order valence-corrected chi connectivity index (χ2v) is 4.41. The third kappa shape index (κ3) is 2.38. The van der Waals surface area contributed by atoms with Crippen LogP contribution in [-0.2, 0) is 0 Å². The number of hydrogen-bond donors (Lipinski definition) is 0. The Hall–Kier alpha value is -0.760. The van der Waals surface area contributed by atoms with Crippen LogP contribution in [0.3, 0.4) is 0 Å². The van der Waals surface area contributed by atoms with E-state index in [1.165, 1.54) is 0 Å². The van der Waals surface area contributed by atoms with Crippen LogP contribution in [-0.4, -0.2) is 23.5 Å². The van der Waals surface area contributed by atoms with Gasteiger partial charge < -0.3 is 4.90 Å². The number of aromatic nitrogens is 1. The van der Waals surface area contributed by atoms with Gasteiger partial charge in [0.05, 0.1) is 0 Å². The van der Waals surface area contributed by atoms with Crippen LogP contribution in [0.1, 0.15) is 19.5 Å². The maximum absolute atomic E-state index is 5.91. The lowest BCUT2D eigenvalue weighted by molar-refractivity contribution is 0.540. The minimum atomic E-state index is -0.0671. The first-order valence-corrected chi connectivity index (χ1v) is 5.24. The monoisotopic (exact) mass is 212 g/mol. The van der Waals surface area contributed by atoms with Crippen molar-refractivity contribution >= 4 is 17.4 Å². The van der Waals surface area contributed by atoms with E-state index in [-0.39, 0.29) is 5.54 Å². The molecule has 0 unspecified atom stereocenters. The largest absolute Gasteiger partial charge is 0.353 e.